The molecule has 0 aromatic heterocycles. The normalized spacial score (nSPS) is 12.9. The summed E-state index contributed by atoms with van der Waals surface area (Å²) in [6, 6.07) is 15.6. The number of halogens is 1. The van der Waals surface area contributed by atoms with Gasteiger partial charge in [0.25, 0.3) is 0 Å². The van der Waals surface area contributed by atoms with Crippen molar-refractivity contribution in [1.82, 2.24) is 4.90 Å². The van der Waals surface area contributed by atoms with Crippen molar-refractivity contribution in [1.29, 1.82) is 0 Å². The number of benzene rings is 2. The summed E-state index contributed by atoms with van der Waals surface area (Å²) >= 11 is 6.08. The Morgan fingerprint density at radius 2 is 1.91 bits per heavy atom. The summed E-state index contributed by atoms with van der Waals surface area (Å²) < 4.78 is 5.33. The summed E-state index contributed by atoms with van der Waals surface area (Å²) in [4.78, 5) is 13.7. The fraction of sp³-hybridized carbons (Fsp3) is 0.167. The van der Waals surface area contributed by atoms with Crippen LogP contribution in [0, 0.1) is 0 Å². The Morgan fingerprint density at radius 1 is 1.14 bits per heavy atom. The Balaban J connectivity index is 1.54. The zero-order chi connectivity index (χ0) is 15.4. The highest BCUT2D eigenvalue weighted by atomic mass is 35.5. The summed E-state index contributed by atoms with van der Waals surface area (Å²) in [5.41, 5.74) is 3.24. The van der Waals surface area contributed by atoms with Crippen LogP contribution in [0.1, 0.15) is 16.7 Å². The van der Waals surface area contributed by atoms with E-state index < -0.39 is 0 Å². The van der Waals surface area contributed by atoms with E-state index in [0.29, 0.717) is 24.6 Å². The number of nitrogens with zero attached hydrogens (tertiary/aromatic N) is 1. The van der Waals surface area contributed by atoms with E-state index in [1.807, 2.05) is 54.6 Å². The molecule has 1 amide bonds. The molecule has 3 nitrogen and oxygen atoms in total. The second kappa shape index (κ2) is 6.67. The molecular weight excluding hydrogens is 298 g/mol. The molecule has 112 valence electrons. The lowest BCUT2D eigenvalue weighted by molar-refractivity contribution is 0.116. The number of fused-ring (bicyclic) bond motifs is 1. The molecular formula is C18H16ClNO2. The van der Waals surface area contributed by atoms with Crippen LogP contribution in [0.15, 0.2) is 54.7 Å². The maximum Gasteiger partial charge on any atom is 0.414 e. The first-order chi connectivity index (χ1) is 10.7. The molecule has 1 heterocycles. The van der Waals surface area contributed by atoms with Crippen LogP contribution >= 0.6 is 11.6 Å². The highest BCUT2D eigenvalue weighted by Gasteiger charge is 2.17. The average Bonchev–Trinajstić information content (AvgIpc) is 2.56. The highest BCUT2D eigenvalue weighted by Crippen LogP contribution is 2.20. The third-order valence-electron chi connectivity index (χ3n) is 3.62. The van der Waals surface area contributed by atoms with Crippen LogP contribution in [0.2, 0.25) is 5.02 Å². The fourth-order valence-electron chi connectivity index (χ4n) is 2.41. The van der Waals surface area contributed by atoms with Crippen LogP contribution < -0.4 is 0 Å². The Kier molecular flexibility index (Phi) is 4.45. The summed E-state index contributed by atoms with van der Waals surface area (Å²) in [7, 11) is 0. The van der Waals surface area contributed by atoms with Crippen LogP contribution in [0.3, 0.4) is 0 Å². The third-order valence-corrected chi connectivity index (χ3v) is 3.99. The SMILES string of the molecule is O=C(OCCc1ccccc1Cl)N1C=Cc2ccccc2C1. The summed E-state index contributed by atoms with van der Waals surface area (Å²) in [6.07, 6.45) is 3.96. The van der Waals surface area contributed by atoms with Crippen molar-refractivity contribution in [2.45, 2.75) is 13.0 Å². The van der Waals surface area contributed by atoms with E-state index in [-0.39, 0.29) is 6.09 Å². The maximum atomic E-state index is 12.1. The van der Waals surface area contributed by atoms with Gasteiger partial charge in [0.05, 0.1) is 13.2 Å². The predicted octanol–water partition coefficient (Wildman–Crippen LogP) is 4.51. The van der Waals surface area contributed by atoms with E-state index in [0.717, 1.165) is 16.7 Å². The Labute approximate surface area is 134 Å². The summed E-state index contributed by atoms with van der Waals surface area (Å²) in [5.74, 6) is 0. The molecule has 0 N–H and O–H groups in total. The Hall–Kier alpha value is -2.26. The van der Waals surface area contributed by atoms with Crippen molar-refractivity contribution >= 4 is 23.8 Å². The second-order valence-corrected chi connectivity index (χ2v) is 5.51. The first-order valence-corrected chi connectivity index (χ1v) is 7.55. The van der Waals surface area contributed by atoms with Crippen LogP contribution in [-0.2, 0) is 17.7 Å². The smallest absolute Gasteiger partial charge is 0.414 e. The van der Waals surface area contributed by atoms with Gasteiger partial charge in [0, 0.05) is 17.6 Å². The van der Waals surface area contributed by atoms with Gasteiger partial charge in [-0.3, -0.25) is 4.90 Å². The Bertz CT molecular complexity index is 712. The minimum absolute atomic E-state index is 0.314. The molecule has 2 aromatic carbocycles. The topological polar surface area (TPSA) is 29.5 Å². The molecule has 0 saturated carbocycles. The number of ether oxygens (including phenoxy) is 1. The highest BCUT2D eigenvalue weighted by molar-refractivity contribution is 6.31. The quantitative estimate of drug-likeness (QED) is 0.834. The van der Waals surface area contributed by atoms with Crippen LogP contribution in [-0.4, -0.2) is 17.6 Å². The van der Waals surface area contributed by atoms with Crippen molar-refractivity contribution in [2.75, 3.05) is 6.61 Å². The Morgan fingerprint density at radius 3 is 2.77 bits per heavy atom. The molecule has 0 unspecified atom stereocenters. The van der Waals surface area contributed by atoms with E-state index in [1.165, 1.54) is 0 Å². The van der Waals surface area contributed by atoms with E-state index in [9.17, 15) is 4.79 Å². The lowest BCUT2D eigenvalue weighted by Gasteiger charge is -2.23. The molecule has 0 aliphatic carbocycles. The molecule has 22 heavy (non-hydrogen) atoms. The number of amides is 1. The number of rotatable bonds is 3. The number of carbonyl (C=O) groups is 1. The molecule has 1 aliphatic rings. The molecule has 0 saturated heterocycles. The first-order valence-electron chi connectivity index (χ1n) is 7.17. The van der Waals surface area contributed by atoms with E-state index in [4.69, 9.17) is 16.3 Å². The molecule has 0 radical (unpaired) electrons. The third kappa shape index (κ3) is 3.31. The number of hydrogen-bond donors (Lipinski definition) is 0. The van der Waals surface area contributed by atoms with Gasteiger partial charge in [-0.25, -0.2) is 4.79 Å². The molecule has 3 rings (SSSR count). The number of hydrogen-bond acceptors (Lipinski definition) is 2. The van der Waals surface area contributed by atoms with E-state index in [2.05, 4.69) is 0 Å². The molecule has 0 fully saturated rings. The maximum absolute atomic E-state index is 12.1. The van der Waals surface area contributed by atoms with Crippen LogP contribution in [0.25, 0.3) is 6.08 Å². The second-order valence-electron chi connectivity index (χ2n) is 5.10. The van der Waals surface area contributed by atoms with Gasteiger partial charge in [-0.1, -0.05) is 54.1 Å². The first kappa shape index (κ1) is 14.7. The van der Waals surface area contributed by atoms with Crippen molar-refractivity contribution in [2.24, 2.45) is 0 Å². The summed E-state index contributed by atoms with van der Waals surface area (Å²) in [6.45, 7) is 0.853. The van der Waals surface area contributed by atoms with Crippen molar-refractivity contribution in [3.63, 3.8) is 0 Å². The van der Waals surface area contributed by atoms with Crippen molar-refractivity contribution in [3.8, 4) is 0 Å². The fourth-order valence-corrected chi connectivity index (χ4v) is 2.64. The zero-order valence-corrected chi connectivity index (χ0v) is 12.8. The zero-order valence-electron chi connectivity index (χ0n) is 12.0. The van der Waals surface area contributed by atoms with Crippen LogP contribution in [0.4, 0.5) is 4.79 Å². The molecule has 0 bridgehead atoms. The van der Waals surface area contributed by atoms with Gasteiger partial charge in [0.15, 0.2) is 0 Å². The minimum Gasteiger partial charge on any atom is -0.449 e. The average molecular weight is 314 g/mol. The lowest BCUT2D eigenvalue weighted by atomic mass is 10.1. The molecule has 0 atom stereocenters. The van der Waals surface area contributed by atoms with E-state index >= 15 is 0 Å². The molecule has 1 aliphatic heterocycles. The lowest BCUT2D eigenvalue weighted by Crippen LogP contribution is -2.28. The largest absolute Gasteiger partial charge is 0.449 e. The van der Waals surface area contributed by atoms with Crippen LogP contribution in [0.5, 0.6) is 0 Å². The molecule has 4 heteroatoms. The summed E-state index contributed by atoms with van der Waals surface area (Å²) in [5, 5.41) is 0.699. The molecule has 0 spiro atoms. The van der Waals surface area contributed by atoms with Crippen molar-refractivity contribution < 1.29 is 9.53 Å². The predicted molar refractivity (Wildman–Crippen MR) is 87.5 cm³/mol. The molecule has 2 aromatic rings. The monoisotopic (exact) mass is 313 g/mol. The van der Waals surface area contributed by atoms with Gasteiger partial charge in [0.2, 0.25) is 0 Å². The van der Waals surface area contributed by atoms with Gasteiger partial charge >= 0.3 is 6.09 Å². The minimum atomic E-state index is -0.335. The van der Waals surface area contributed by atoms with Gasteiger partial charge in [-0.05, 0) is 28.8 Å². The van der Waals surface area contributed by atoms with Gasteiger partial charge in [0.1, 0.15) is 0 Å². The van der Waals surface area contributed by atoms with Gasteiger partial charge < -0.3 is 4.74 Å². The van der Waals surface area contributed by atoms with Crippen molar-refractivity contribution in [3.05, 3.63) is 76.4 Å². The number of carbonyl (C=O) groups excluding carboxylic acids is 1. The van der Waals surface area contributed by atoms with Gasteiger partial charge in [-0.15, -0.1) is 0 Å². The van der Waals surface area contributed by atoms with E-state index in [1.54, 1.807) is 11.1 Å². The standard InChI is InChI=1S/C18H16ClNO2/c19-17-8-4-3-6-15(17)10-12-22-18(21)20-11-9-14-5-1-2-7-16(14)13-20/h1-9,11H,10,12-13H2. The van der Waals surface area contributed by atoms with Gasteiger partial charge in [-0.2, -0.15) is 0 Å².